The molecular formula is C19H19N3O4. The van der Waals surface area contributed by atoms with Gasteiger partial charge in [0.2, 0.25) is 11.8 Å². The summed E-state index contributed by atoms with van der Waals surface area (Å²) in [6.45, 7) is 0.591. The van der Waals surface area contributed by atoms with E-state index >= 15 is 0 Å². The fourth-order valence-corrected chi connectivity index (χ4v) is 2.80. The molecule has 0 fully saturated rings. The minimum Gasteiger partial charge on any atom is -0.481 e. The fraction of sp³-hybridized carbons (Fsp3) is 0.263. The minimum absolute atomic E-state index is 0.141. The predicted molar refractivity (Wildman–Crippen MR) is 93.7 cm³/mol. The Morgan fingerprint density at radius 3 is 2.50 bits per heavy atom. The number of hydrogen-bond acceptors (Lipinski definition) is 5. The third-order valence-corrected chi connectivity index (χ3v) is 4.16. The number of benzene rings is 1. The van der Waals surface area contributed by atoms with Gasteiger partial charge in [-0.2, -0.15) is 0 Å². The Balaban J connectivity index is 1.46. The Hall–Kier alpha value is -3.22. The van der Waals surface area contributed by atoms with Gasteiger partial charge in [-0.1, -0.05) is 12.1 Å². The normalized spacial score (nSPS) is 12.9. The Morgan fingerprint density at radius 1 is 1.15 bits per heavy atom. The molecule has 26 heavy (non-hydrogen) atoms. The van der Waals surface area contributed by atoms with Gasteiger partial charge in [-0.05, 0) is 30.2 Å². The van der Waals surface area contributed by atoms with Gasteiger partial charge in [-0.15, -0.1) is 0 Å². The Morgan fingerprint density at radius 2 is 1.85 bits per heavy atom. The van der Waals surface area contributed by atoms with Crippen molar-refractivity contribution in [2.24, 2.45) is 0 Å². The van der Waals surface area contributed by atoms with Crippen LogP contribution in [0, 0.1) is 0 Å². The van der Waals surface area contributed by atoms with Crippen molar-refractivity contribution in [3.8, 4) is 5.88 Å². The summed E-state index contributed by atoms with van der Waals surface area (Å²) in [5.74, 6) is -0.246. The first-order valence-corrected chi connectivity index (χ1v) is 8.31. The highest BCUT2D eigenvalue weighted by Gasteiger charge is 2.34. The van der Waals surface area contributed by atoms with Gasteiger partial charge in [-0.3, -0.25) is 19.3 Å². The van der Waals surface area contributed by atoms with Crippen molar-refractivity contribution < 1.29 is 19.1 Å². The number of methoxy groups -OCH3 is 1. The number of rotatable bonds is 7. The lowest BCUT2D eigenvalue weighted by atomic mass is 10.1. The van der Waals surface area contributed by atoms with E-state index in [0.29, 0.717) is 30.0 Å². The second kappa shape index (κ2) is 7.77. The van der Waals surface area contributed by atoms with Crippen LogP contribution in [-0.2, 0) is 11.3 Å². The summed E-state index contributed by atoms with van der Waals surface area (Å²) in [4.78, 5) is 41.7. The van der Waals surface area contributed by atoms with Crippen LogP contribution in [0.25, 0.3) is 0 Å². The second-order valence-corrected chi connectivity index (χ2v) is 5.89. The molecule has 0 saturated heterocycles. The quantitative estimate of drug-likeness (QED) is 0.767. The topological polar surface area (TPSA) is 88.6 Å². The molecule has 1 aliphatic heterocycles. The van der Waals surface area contributed by atoms with Crippen molar-refractivity contribution in [3.05, 3.63) is 59.3 Å². The van der Waals surface area contributed by atoms with Crippen LogP contribution in [0.4, 0.5) is 0 Å². The maximum absolute atomic E-state index is 12.2. The van der Waals surface area contributed by atoms with E-state index in [9.17, 15) is 14.4 Å². The molecule has 0 spiro atoms. The number of carbonyl (C=O) groups is 3. The largest absolute Gasteiger partial charge is 0.481 e. The summed E-state index contributed by atoms with van der Waals surface area (Å²) >= 11 is 0. The van der Waals surface area contributed by atoms with E-state index < -0.39 is 0 Å². The summed E-state index contributed by atoms with van der Waals surface area (Å²) in [6.07, 6.45) is 2.26. The molecule has 1 aromatic carbocycles. The van der Waals surface area contributed by atoms with Crippen LogP contribution in [0.3, 0.4) is 0 Å². The zero-order valence-electron chi connectivity index (χ0n) is 14.4. The molecule has 0 bridgehead atoms. The van der Waals surface area contributed by atoms with Crippen LogP contribution in [0.5, 0.6) is 5.88 Å². The molecular weight excluding hydrogens is 334 g/mol. The molecule has 0 radical (unpaired) electrons. The van der Waals surface area contributed by atoms with Crippen LogP contribution in [0.1, 0.15) is 39.1 Å². The standard InChI is InChI=1S/C19H19N3O4/c1-26-17-11-13(8-9-20-17)12-21-16(23)7-4-10-22-18(24)14-5-2-3-6-15(14)19(22)25/h2-3,5-6,8-9,11H,4,7,10,12H2,1H3,(H,21,23). The second-order valence-electron chi connectivity index (χ2n) is 5.89. The van der Waals surface area contributed by atoms with E-state index in [4.69, 9.17) is 4.74 Å². The SMILES string of the molecule is COc1cc(CNC(=O)CCCN2C(=O)c3ccccc3C2=O)ccn1. The number of aromatic nitrogens is 1. The molecule has 2 heterocycles. The molecule has 3 amide bonds. The first kappa shape index (κ1) is 17.6. The number of hydrogen-bond donors (Lipinski definition) is 1. The lowest BCUT2D eigenvalue weighted by molar-refractivity contribution is -0.121. The fourth-order valence-electron chi connectivity index (χ4n) is 2.80. The molecule has 1 aromatic heterocycles. The van der Waals surface area contributed by atoms with Gasteiger partial charge in [-0.25, -0.2) is 4.98 Å². The van der Waals surface area contributed by atoms with Crippen molar-refractivity contribution in [2.45, 2.75) is 19.4 Å². The monoisotopic (exact) mass is 353 g/mol. The minimum atomic E-state index is -0.296. The van der Waals surface area contributed by atoms with Crippen molar-refractivity contribution in [2.75, 3.05) is 13.7 Å². The van der Waals surface area contributed by atoms with E-state index in [-0.39, 0.29) is 30.7 Å². The van der Waals surface area contributed by atoms with Crippen molar-refractivity contribution in [1.29, 1.82) is 0 Å². The number of ether oxygens (including phenoxy) is 1. The number of carbonyl (C=O) groups excluding carboxylic acids is 3. The zero-order valence-corrected chi connectivity index (χ0v) is 14.4. The summed E-state index contributed by atoms with van der Waals surface area (Å²) in [5.41, 5.74) is 1.73. The molecule has 0 aliphatic carbocycles. The highest BCUT2D eigenvalue weighted by Crippen LogP contribution is 2.22. The molecule has 0 atom stereocenters. The first-order chi connectivity index (χ1) is 12.6. The molecule has 0 saturated carbocycles. The molecule has 1 N–H and O–H groups in total. The average molecular weight is 353 g/mol. The number of nitrogens with one attached hydrogen (secondary N) is 1. The van der Waals surface area contributed by atoms with Gasteiger partial charge >= 0.3 is 0 Å². The lowest BCUT2D eigenvalue weighted by Crippen LogP contribution is -2.32. The maximum atomic E-state index is 12.2. The number of imide groups is 1. The lowest BCUT2D eigenvalue weighted by Gasteiger charge is -2.13. The summed E-state index contributed by atoms with van der Waals surface area (Å²) in [7, 11) is 1.53. The number of pyridine rings is 1. The molecule has 1 aliphatic rings. The van der Waals surface area contributed by atoms with Crippen LogP contribution >= 0.6 is 0 Å². The molecule has 7 nitrogen and oxygen atoms in total. The van der Waals surface area contributed by atoms with Gasteiger partial charge in [0.15, 0.2) is 0 Å². The molecule has 7 heteroatoms. The zero-order chi connectivity index (χ0) is 18.5. The summed E-state index contributed by atoms with van der Waals surface area (Å²) in [6, 6.07) is 10.3. The molecule has 3 rings (SSSR count). The third kappa shape index (κ3) is 3.72. The average Bonchev–Trinajstić information content (AvgIpc) is 2.92. The Kier molecular flexibility index (Phi) is 5.26. The highest BCUT2D eigenvalue weighted by molar-refractivity contribution is 6.21. The summed E-state index contributed by atoms with van der Waals surface area (Å²) in [5, 5.41) is 2.80. The number of amides is 3. The number of fused-ring (bicyclic) bond motifs is 1. The van der Waals surface area contributed by atoms with Crippen LogP contribution in [0.15, 0.2) is 42.6 Å². The third-order valence-electron chi connectivity index (χ3n) is 4.16. The molecule has 2 aromatic rings. The van der Waals surface area contributed by atoms with Crippen molar-refractivity contribution in [1.82, 2.24) is 15.2 Å². The van der Waals surface area contributed by atoms with E-state index in [1.54, 1.807) is 42.6 Å². The highest BCUT2D eigenvalue weighted by atomic mass is 16.5. The summed E-state index contributed by atoms with van der Waals surface area (Å²) < 4.78 is 5.04. The van der Waals surface area contributed by atoms with Crippen LogP contribution in [0.2, 0.25) is 0 Å². The van der Waals surface area contributed by atoms with E-state index in [0.717, 1.165) is 5.56 Å². The Labute approximate surface area is 151 Å². The van der Waals surface area contributed by atoms with E-state index in [1.165, 1.54) is 12.0 Å². The van der Waals surface area contributed by atoms with Crippen molar-refractivity contribution in [3.63, 3.8) is 0 Å². The molecule has 0 unspecified atom stereocenters. The number of nitrogens with zero attached hydrogens (tertiary/aromatic N) is 2. The van der Waals surface area contributed by atoms with Gasteiger partial charge < -0.3 is 10.1 Å². The van der Waals surface area contributed by atoms with Gasteiger partial charge in [0.05, 0.1) is 18.2 Å². The van der Waals surface area contributed by atoms with Crippen molar-refractivity contribution >= 4 is 17.7 Å². The smallest absolute Gasteiger partial charge is 0.261 e. The van der Waals surface area contributed by atoms with Crippen LogP contribution in [-0.4, -0.2) is 41.3 Å². The van der Waals surface area contributed by atoms with Gasteiger partial charge in [0, 0.05) is 31.8 Å². The Bertz CT molecular complexity index is 815. The van der Waals surface area contributed by atoms with Crippen LogP contribution < -0.4 is 10.1 Å². The first-order valence-electron chi connectivity index (χ1n) is 8.31. The molecule has 134 valence electrons. The maximum Gasteiger partial charge on any atom is 0.261 e. The van der Waals surface area contributed by atoms with E-state index in [1.807, 2.05) is 0 Å². The van der Waals surface area contributed by atoms with Gasteiger partial charge in [0.1, 0.15) is 0 Å². The van der Waals surface area contributed by atoms with E-state index in [2.05, 4.69) is 10.3 Å². The van der Waals surface area contributed by atoms with Gasteiger partial charge in [0.25, 0.3) is 11.8 Å². The predicted octanol–water partition coefficient (Wildman–Crippen LogP) is 1.78.